The molecule has 9 heteroatoms. The first kappa shape index (κ1) is 28.7. The molecule has 0 radical (unpaired) electrons. The molecule has 2 N–H and O–H groups in total. The normalized spacial score (nSPS) is 11.6. The molecule has 0 aliphatic heterocycles. The molecule has 36 heavy (non-hydrogen) atoms. The predicted octanol–water partition coefficient (Wildman–Crippen LogP) is 4.26. The molecule has 0 aliphatic carbocycles. The van der Waals surface area contributed by atoms with Gasteiger partial charge in [-0.25, -0.2) is 13.6 Å². The Bertz CT molecular complexity index is 1080. The quantitative estimate of drug-likeness (QED) is 0.535. The number of aryl methyl sites for hydroxylation is 1. The molecule has 7 nitrogen and oxygen atoms in total. The lowest BCUT2D eigenvalue weighted by molar-refractivity contribution is -0.146. The molecule has 0 saturated heterocycles. The Balaban J connectivity index is 2.14. The van der Waals surface area contributed by atoms with E-state index in [1.807, 2.05) is 39.0 Å². The lowest BCUT2D eigenvalue weighted by Gasteiger charge is -2.39. The van der Waals surface area contributed by atoms with Crippen LogP contribution >= 0.6 is 0 Å². The number of hydrogen-bond acceptors (Lipinski definition) is 4. The molecular weight excluding hydrogens is 468 g/mol. The Hall–Kier alpha value is -3.49. The Morgan fingerprint density at radius 1 is 0.972 bits per heavy atom. The molecule has 0 bridgehead atoms. The van der Waals surface area contributed by atoms with Crippen LogP contribution in [-0.4, -0.2) is 47.0 Å². The van der Waals surface area contributed by atoms with Crippen LogP contribution in [0, 0.1) is 18.6 Å². The number of alkyl carbamates (subject to hydrolysis) is 1. The van der Waals surface area contributed by atoms with Gasteiger partial charge in [0.1, 0.15) is 30.3 Å². The Morgan fingerprint density at radius 2 is 1.61 bits per heavy atom. The van der Waals surface area contributed by atoms with Crippen molar-refractivity contribution in [2.24, 2.45) is 0 Å². The average molecular weight is 504 g/mol. The van der Waals surface area contributed by atoms with Gasteiger partial charge in [0, 0.05) is 18.2 Å². The van der Waals surface area contributed by atoms with E-state index in [0.717, 1.165) is 11.6 Å². The molecule has 0 heterocycles. The first-order valence-electron chi connectivity index (χ1n) is 11.7. The zero-order chi connectivity index (χ0) is 27.1. The topological polar surface area (TPSA) is 87.7 Å². The van der Waals surface area contributed by atoms with Crippen LogP contribution in [0.15, 0.2) is 42.5 Å². The van der Waals surface area contributed by atoms with Crippen molar-refractivity contribution in [2.75, 3.05) is 13.1 Å². The van der Waals surface area contributed by atoms with Crippen LogP contribution in [0.4, 0.5) is 13.6 Å². The minimum Gasteiger partial charge on any atom is -0.445 e. The summed E-state index contributed by atoms with van der Waals surface area (Å²) < 4.78 is 33.2. The van der Waals surface area contributed by atoms with Crippen molar-refractivity contribution in [1.29, 1.82) is 0 Å². The first-order chi connectivity index (χ1) is 16.7. The van der Waals surface area contributed by atoms with Gasteiger partial charge in [0.05, 0.1) is 0 Å². The maximum atomic E-state index is 14.3. The van der Waals surface area contributed by atoms with Gasteiger partial charge in [0.2, 0.25) is 11.8 Å². The fourth-order valence-corrected chi connectivity index (χ4v) is 3.49. The van der Waals surface area contributed by atoms with Crippen molar-refractivity contribution < 1.29 is 27.9 Å². The standard InChI is InChI=1S/C27H35F2N3O4/c1-18-14-20(22(29)15-21(18)28)12-13-32(27(5,6)24(34)31-26(2,3)4)23(33)16-30-25(35)36-17-19-10-8-7-9-11-19/h7-11,14-15H,12-13,16-17H2,1-6H3,(H,30,35)(H,31,34). The van der Waals surface area contributed by atoms with Crippen LogP contribution in [0.1, 0.15) is 51.3 Å². The van der Waals surface area contributed by atoms with Crippen molar-refractivity contribution in [3.63, 3.8) is 0 Å². The van der Waals surface area contributed by atoms with Crippen LogP contribution in [0.25, 0.3) is 0 Å². The summed E-state index contributed by atoms with van der Waals surface area (Å²) in [6.45, 7) is 9.69. The average Bonchev–Trinajstić information content (AvgIpc) is 2.79. The van der Waals surface area contributed by atoms with Crippen molar-refractivity contribution >= 4 is 17.9 Å². The van der Waals surface area contributed by atoms with Crippen LogP contribution in [0.3, 0.4) is 0 Å². The van der Waals surface area contributed by atoms with Gasteiger partial charge >= 0.3 is 6.09 Å². The lowest BCUT2D eigenvalue weighted by Crippen LogP contribution is -2.61. The number of benzene rings is 2. The SMILES string of the molecule is Cc1cc(CCN(C(=O)CNC(=O)OCc2ccccc2)C(C)(C)C(=O)NC(C)(C)C)c(F)cc1F. The summed E-state index contributed by atoms with van der Waals surface area (Å²) in [5.74, 6) is -2.36. The molecule has 2 rings (SSSR count). The third kappa shape index (κ3) is 8.32. The van der Waals surface area contributed by atoms with Crippen LogP contribution in [0.2, 0.25) is 0 Å². The lowest BCUT2D eigenvalue weighted by atomic mass is 9.97. The summed E-state index contributed by atoms with van der Waals surface area (Å²) >= 11 is 0. The van der Waals surface area contributed by atoms with Crippen LogP contribution in [-0.2, 0) is 27.4 Å². The van der Waals surface area contributed by atoms with E-state index in [0.29, 0.717) is 0 Å². The van der Waals surface area contributed by atoms with E-state index < -0.39 is 47.2 Å². The maximum absolute atomic E-state index is 14.3. The minimum absolute atomic E-state index is 0.0350. The zero-order valence-corrected chi connectivity index (χ0v) is 21.7. The molecule has 196 valence electrons. The van der Waals surface area contributed by atoms with Gasteiger partial charge in [-0.1, -0.05) is 36.4 Å². The maximum Gasteiger partial charge on any atom is 0.407 e. The summed E-state index contributed by atoms with van der Waals surface area (Å²) in [6, 6.07) is 11.3. The van der Waals surface area contributed by atoms with Gasteiger partial charge in [0.25, 0.3) is 0 Å². The zero-order valence-electron chi connectivity index (χ0n) is 21.7. The molecular formula is C27H35F2N3O4. The molecule has 0 atom stereocenters. The van der Waals surface area contributed by atoms with Gasteiger partial charge in [-0.2, -0.15) is 0 Å². The molecule has 0 unspecified atom stereocenters. The van der Waals surface area contributed by atoms with Crippen molar-refractivity contribution in [2.45, 2.75) is 65.6 Å². The Morgan fingerprint density at radius 3 is 2.22 bits per heavy atom. The highest BCUT2D eigenvalue weighted by Gasteiger charge is 2.39. The van der Waals surface area contributed by atoms with E-state index in [-0.39, 0.29) is 30.7 Å². The van der Waals surface area contributed by atoms with E-state index >= 15 is 0 Å². The second-order valence-corrected chi connectivity index (χ2v) is 10.2. The molecule has 2 aromatic rings. The fourth-order valence-electron chi connectivity index (χ4n) is 3.49. The summed E-state index contributed by atoms with van der Waals surface area (Å²) in [5, 5.41) is 5.27. The summed E-state index contributed by atoms with van der Waals surface area (Å²) in [5.41, 5.74) is -0.600. The van der Waals surface area contributed by atoms with Crippen LogP contribution < -0.4 is 10.6 Å². The summed E-state index contributed by atoms with van der Waals surface area (Å²) in [7, 11) is 0. The molecule has 0 spiro atoms. The molecule has 0 aliphatic rings. The van der Waals surface area contributed by atoms with Crippen molar-refractivity contribution in [1.82, 2.24) is 15.5 Å². The smallest absolute Gasteiger partial charge is 0.407 e. The number of halogens is 2. The Kier molecular flexibility index (Phi) is 9.55. The molecule has 0 saturated carbocycles. The van der Waals surface area contributed by atoms with E-state index in [4.69, 9.17) is 4.74 Å². The second-order valence-electron chi connectivity index (χ2n) is 10.2. The number of carbonyl (C=O) groups is 3. The molecule has 3 amide bonds. The van der Waals surface area contributed by atoms with Gasteiger partial charge in [-0.05, 0) is 64.7 Å². The van der Waals surface area contributed by atoms with E-state index in [1.54, 1.807) is 26.0 Å². The highest BCUT2D eigenvalue weighted by Crippen LogP contribution is 2.20. The first-order valence-corrected chi connectivity index (χ1v) is 11.7. The molecule has 2 aromatic carbocycles. The predicted molar refractivity (Wildman–Crippen MR) is 133 cm³/mol. The largest absolute Gasteiger partial charge is 0.445 e. The highest BCUT2D eigenvalue weighted by atomic mass is 19.1. The second kappa shape index (κ2) is 12.0. The number of nitrogens with zero attached hydrogens (tertiary/aromatic N) is 1. The van der Waals surface area contributed by atoms with E-state index in [1.165, 1.54) is 17.9 Å². The minimum atomic E-state index is -1.33. The fraction of sp³-hybridized carbons (Fsp3) is 0.444. The monoisotopic (exact) mass is 503 g/mol. The summed E-state index contributed by atoms with van der Waals surface area (Å²) in [6.07, 6.45) is -0.743. The van der Waals surface area contributed by atoms with E-state index in [2.05, 4.69) is 10.6 Å². The van der Waals surface area contributed by atoms with Gasteiger partial charge in [-0.3, -0.25) is 9.59 Å². The van der Waals surface area contributed by atoms with Crippen molar-refractivity contribution in [3.8, 4) is 0 Å². The number of carbonyl (C=O) groups excluding carboxylic acids is 3. The van der Waals surface area contributed by atoms with Gasteiger partial charge < -0.3 is 20.3 Å². The molecule has 0 fully saturated rings. The summed E-state index contributed by atoms with van der Waals surface area (Å²) in [4.78, 5) is 39.7. The van der Waals surface area contributed by atoms with Gasteiger partial charge in [-0.15, -0.1) is 0 Å². The third-order valence-corrected chi connectivity index (χ3v) is 5.55. The van der Waals surface area contributed by atoms with Crippen LogP contribution in [0.5, 0.6) is 0 Å². The molecule has 0 aromatic heterocycles. The number of hydrogen-bond donors (Lipinski definition) is 2. The van der Waals surface area contributed by atoms with Gasteiger partial charge in [0.15, 0.2) is 0 Å². The number of amides is 3. The van der Waals surface area contributed by atoms with E-state index in [9.17, 15) is 23.2 Å². The highest BCUT2D eigenvalue weighted by molar-refractivity contribution is 5.92. The number of rotatable bonds is 9. The number of ether oxygens (including phenoxy) is 1. The Labute approximate surface area is 211 Å². The third-order valence-electron chi connectivity index (χ3n) is 5.55. The number of nitrogens with one attached hydrogen (secondary N) is 2. The van der Waals surface area contributed by atoms with Crippen molar-refractivity contribution in [3.05, 3.63) is 70.8 Å².